The third-order valence-electron chi connectivity index (χ3n) is 3.91. The quantitative estimate of drug-likeness (QED) is 0.698. The lowest BCUT2D eigenvalue weighted by atomic mass is 10.2. The van der Waals surface area contributed by atoms with Gasteiger partial charge in [-0.3, -0.25) is 0 Å². The minimum atomic E-state index is -3.59. The fourth-order valence-corrected chi connectivity index (χ4v) is 4.21. The molecule has 2 aromatic carbocycles. The summed E-state index contributed by atoms with van der Waals surface area (Å²) < 4.78 is 33.3. The Morgan fingerprint density at radius 1 is 1.08 bits per heavy atom. The van der Waals surface area contributed by atoms with Gasteiger partial charge in [0, 0.05) is 12.4 Å². The topological polar surface area (TPSA) is 74.3 Å². The predicted molar refractivity (Wildman–Crippen MR) is 94.0 cm³/mol. The van der Waals surface area contributed by atoms with Gasteiger partial charge >= 0.3 is 0 Å². The molecule has 24 heavy (non-hydrogen) atoms. The van der Waals surface area contributed by atoms with Gasteiger partial charge < -0.3 is 15.0 Å². The molecular weight excluding hydrogens is 324 g/mol. The van der Waals surface area contributed by atoms with Crippen LogP contribution in [0.5, 0.6) is 5.75 Å². The average molecular weight is 344 g/mol. The van der Waals surface area contributed by atoms with E-state index >= 15 is 0 Å². The van der Waals surface area contributed by atoms with Crippen LogP contribution in [0.15, 0.2) is 64.5 Å². The minimum absolute atomic E-state index is 0.249. The van der Waals surface area contributed by atoms with E-state index in [1.807, 2.05) is 18.2 Å². The number of ether oxygens (including phenoxy) is 1. The number of nitrogens with two attached hydrogens (primary N) is 1. The second kappa shape index (κ2) is 6.67. The largest absolute Gasteiger partial charge is 0.491 e. The number of hydrogen-bond donors (Lipinski definition) is 1. The van der Waals surface area contributed by atoms with Crippen molar-refractivity contribution in [3.05, 3.63) is 54.6 Å². The van der Waals surface area contributed by atoms with Gasteiger partial charge in [-0.2, -0.15) is 0 Å². The summed E-state index contributed by atoms with van der Waals surface area (Å²) in [7, 11) is -1.84. The molecule has 2 N–H and O–H groups in total. The number of fused-ring (bicyclic) bond motifs is 1. The molecule has 0 aliphatic carbocycles. The van der Waals surface area contributed by atoms with E-state index in [4.69, 9.17) is 10.5 Å². The normalized spacial score (nSPS) is 11.8. The maximum atomic E-state index is 12.9. The zero-order valence-electron chi connectivity index (χ0n) is 13.5. The van der Waals surface area contributed by atoms with Crippen molar-refractivity contribution in [3.63, 3.8) is 0 Å². The maximum Gasteiger partial charge on any atom is 0.222 e. The number of rotatable bonds is 6. The number of para-hydroxylation sites is 1. The minimum Gasteiger partial charge on any atom is -0.491 e. The van der Waals surface area contributed by atoms with Crippen LogP contribution in [0.25, 0.3) is 10.9 Å². The van der Waals surface area contributed by atoms with E-state index in [-0.39, 0.29) is 9.92 Å². The number of aryl methyl sites for hydroxylation is 1. The molecule has 0 saturated carbocycles. The molecule has 126 valence electrons. The maximum absolute atomic E-state index is 12.9. The van der Waals surface area contributed by atoms with Crippen LogP contribution >= 0.6 is 0 Å². The molecule has 3 rings (SSSR count). The van der Waals surface area contributed by atoms with E-state index in [9.17, 15) is 8.42 Å². The van der Waals surface area contributed by atoms with Crippen molar-refractivity contribution in [3.8, 4) is 5.75 Å². The summed E-state index contributed by atoms with van der Waals surface area (Å²) >= 11 is 0. The van der Waals surface area contributed by atoms with Crippen molar-refractivity contribution in [2.24, 2.45) is 12.8 Å². The number of aromatic nitrogens is 1. The lowest BCUT2D eigenvalue weighted by molar-refractivity contribution is 0.316. The molecule has 3 aromatic rings. The van der Waals surface area contributed by atoms with Crippen molar-refractivity contribution in [2.45, 2.75) is 16.3 Å². The molecule has 1 heterocycles. The highest BCUT2D eigenvalue weighted by atomic mass is 32.2. The second-order valence-electron chi connectivity index (χ2n) is 5.54. The molecule has 0 spiro atoms. The molecule has 0 aliphatic heterocycles. The van der Waals surface area contributed by atoms with Crippen LogP contribution in [0, 0.1) is 0 Å². The molecule has 0 saturated heterocycles. The summed E-state index contributed by atoms with van der Waals surface area (Å²) in [6.45, 7) is 1.05. The van der Waals surface area contributed by atoms with Gasteiger partial charge in [-0.25, -0.2) is 8.42 Å². The molecule has 0 aliphatic rings. The van der Waals surface area contributed by atoms with Crippen molar-refractivity contribution in [2.75, 3.05) is 13.2 Å². The Labute approximate surface area is 141 Å². The fraction of sp³-hybridized carbons (Fsp3) is 0.222. The molecule has 0 fully saturated rings. The predicted octanol–water partition coefficient (Wildman–Crippen LogP) is 2.74. The van der Waals surface area contributed by atoms with Crippen molar-refractivity contribution < 1.29 is 13.2 Å². The van der Waals surface area contributed by atoms with E-state index in [0.29, 0.717) is 18.9 Å². The van der Waals surface area contributed by atoms with Gasteiger partial charge in [0.2, 0.25) is 9.84 Å². The third kappa shape index (κ3) is 2.90. The first-order valence-corrected chi connectivity index (χ1v) is 9.25. The summed E-state index contributed by atoms with van der Waals surface area (Å²) in [6.07, 6.45) is 0.746. The third-order valence-corrected chi connectivity index (χ3v) is 5.75. The van der Waals surface area contributed by atoms with Gasteiger partial charge in [-0.1, -0.05) is 30.3 Å². The van der Waals surface area contributed by atoms with Gasteiger partial charge in [0.25, 0.3) is 0 Å². The highest BCUT2D eigenvalue weighted by Crippen LogP contribution is 2.32. The summed E-state index contributed by atoms with van der Waals surface area (Å²) in [4.78, 5) is 0.279. The van der Waals surface area contributed by atoms with Crippen LogP contribution in [0.2, 0.25) is 0 Å². The Morgan fingerprint density at radius 3 is 2.54 bits per heavy atom. The van der Waals surface area contributed by atoms with Gasteiger partial charge in [-0.15, -0.1) is 0 Å². The Hall–Kier alpha value is -2.31. The van der Waals surface area contributed by atoms with Gasteiger partial charge in [0.1, 0.15) is 10.8 Å². The van der Waals surface area contributed by atoms with Crippen LogP contribution in [-0.2, 0) is 16.9 Å². The number of nitrogens with zero attached hydrogens (tertiary/aromatic N) is 1. The molecule has 0 bridgehead atoms. The first kappa shape index (κ1) is 16.5. The van der Waals surface area contributed by atoms with Crippen molar-refractivity contribution >= 4 is 20.7 Å². The van der Waals surface area contributed by atoms with E-state index in [0.717, 1.165) is 17.3 Å². The summed E-state index contributed by atoms with van der Waals surface area (Å²) in [5, 5.41) is 1.08. The highest BCUT2D eigenvalue weighted by molar-refractivity contribution is 7.91. The standard InChI is InChI=1S/C18H20N2O3S/c1-20-17(24(21,22)15-8-3-2-4-9-15)13-14-7-5-10-16(18(14)20)23-12-6-11-19/h2-5,7-10,13H,6,11-12,19H2,1H3. The first-order valence-electron chi connectivity index (χ1n) is 7.77. The van der Waals surface area contributed by atoms with E-state index in [2.05, 4.69) is 0 Å². The second-order valence-corrected chi connectivity index (χ2v) is 7.44. The molecule has 5 nitrogen and oxygen atoms in total. The summed E-state index contributed by atoms with van der Waals surface area (Å²) in [5.41, 5.74) is 6.26. The van der Waals surface area contributed by atoms with Crippen LogP contribution < -0.4 is 10.5 Å². The van der Waals surface area contributed by atoms with Crippen molar-refractivity contribution in [1.82, 2.24) is 4.57 Å². The lowest BCUT2D eigenvalue weighted by Gasteiger charge is -2.10. The fourth-order valence-electron chi connectivity index (χ4n) is 2.71. The van der Waals surface area contributed by atoms with Gasteiger partial charge in [-0.05, 0) is 37.2 Å². The summed E-state index contributed by atoms with van der Waals surface area (Å²) in [6, 6.07) is 15.7. The number of benzene rings is 2. The van der Waals surface area contributed by atoms with Crippen LogP contribution in [0.3, 0.4) is 0 Å². The Kier molecular flexibility index (Phi) is 4.59. The Bertz CT molecular complexity index is 947. The van der Waals surface area contributed by atoms with Gasteiger partial charge in [0.05, 0.1) is 17.0 Å². The molecule has 1 aromatic heterocycles. The van der Waals surface area contributed by atoms with E-state index in [1.54, 1.807) is 48.0 Å². The van der Waals surface area contributed by atoms with E-state index in [1.165, 1.54) is 0 Å². The van der Waals surface area contributed by atoms with Crippen LogP contribution in [0.1, 0.15) is 6.42 Å². The Morgan fingerprint density at radius 2 is 1.83 bits per heavy atom. The smallest absolute Gasteiger partial charge is 0.222 e. The monoisotopic (exact) mass is 344 g/mol. The summed E-state index contributed by atoms with van der Waals surface area (Å²) in [5.74, 6) is 0.665. The van der Waals surface area contributed by atoms with E-state index < -0.39 is 9.84 Å². The Balaban J connectivity index is 2.11. The number of sulfone groups is 1. The molecule has 0 unspecified atom stereocenters. The zero-order valence-corrected chi connectivity index (χ0v) is 14.3. The molecule has 0 amide bonds. The van der Waals surface area contributed by atoms with Gasteiger partial charge in [0.15, 0.2) is 0 Å². The number of hydrogen-bond acceptors (Lipinski definition) is 4. The highest BCUT2D eigenvalue weighted by Gasteiger charge is 2.23. The SMILES string of the molecule is Cn1c(S(=O)(=O)c2ccccc2)cc2cccc(OCCCN)c21. The van der Waals surface area contributed by atoms with Crippen LogP contribution in [-0.4, -0.2) is 26.1 Å². The molecule has 6 heteroatoms. The van der Waals surface area contributed by atoms with Crippen LogP contribution in [0.4, 0.5) is 0 Å². The average Bonchev–Trinajstić information content (AvgIpc) is 2.94. The zero-order chi connectivity index (χ0) is 17.2. The molecule has 0 radical (unpaired) electrons. The van der Waals surface area contributed by atoms with Crippen molar-refractivity contribution in [1.29, 1.82) is 0 Å². The molecule has 0 atom stereocenters. The first-order chi connectivity index (χ1) is 11.6. The lowest BCUT2D eigenvalue weighted by Crippen LogP contribution is -2.08. The molecular formula is C18H20N2O3S.